The molecular weight excluding hydrogens is 110 g/mol. The second-order valence-electron chi connectivity index (χ2n) is 0.982. The van der Waals surface area contributed by atoms with E-state index in [1.165, 1.54) is 5.54 Å². The molecule has 0 rings (SSSR count). The summed E-state index contributed by atoms with van der Waals surface area (Å²) < 4.78 is 0. The number of rotatable bonds is 2. The number of halogens is 1. The molecule has 2 N–H and O–H groups in total. The Labute approximate surface area is 48.5 Å². The largest absolute Gasteiger partial charge is 0.327 e. The fraction of sp³-hybridized carbons (Fsp3) is 0.200. The van der Waals surface area contributed by atoms with E-state index in [0.29, 0.717) is 6.54 Å². The summed E-state index contributed by atoms with van der Waals surface area (Å²) in [5.74, 6) is 0. The first kappa shape index (κ1) is 6.73. The lowest BCUT2D eigenvalue weighted by Crippen LogP contribution is -1.91. The molecule has 0 fully saturated rings. The fourth-order valence-electron chi connectivity index (χ4n) is 0.199. The van der Waals surface area contributed by atoms with Crippen LogP contribution in [0.4, 0.5) is 0 Å². The molecule has 0 aliphatic heterocycles. The van der Waals surface area contributed by atoms with Crippen molar-refractivity contribution >= 4 is 11.6 Å². The van der Waals surface area contributed by atoms with Gasteiger partial charge in [0.15, 0.2) is 0 Å². The zero-order valence-corrected chi connectivity index (χ0v) is 4.73. The average molecular weight is 118 g/mol. The van der Waals surface area contributed by atoms with Crippen LogP contribution in [0.3, 0.4) is 0 Å². The van der Waals surface area contributed by atoms with E-state index >= 15 is 0 Å². The molecule has 40 valence electrons. The van der Waals surface area contributed by atoms with Gasteiger partial charge in [-0.25, -0.2) is 0 Å². The highest BCUT2D eigenvalue weighted by Crippen LogP contribution is 1.78. The first-order valence-electron chi connectivity index (χ1n) is 2.03. The zero-order chi connectivity index (χ0) is 5.54. The van der Waals surface area contributed by atoms with Crippen molar-refractivity contribution in [1.82, 2.24) is 0 Å². The number of hydrogen-bond donors (Lipinski definition) is 1. The Hall–Kier alpha value is -0.270. The van der Waals surface area contributed by atoms with Gasteiger partial charge in [0.25, 0.3) is 0 Å². The molecule has 0 aliphatic rings. The van der Waals surface area contributed by atoms with Gasteiger partial charge in [0.2, 0.25) is 0 Å². The summed E-state index contributed by atoms with van der Waals surface area (Å²) in [6.45, 7) is 0.571. The smallest absolute Gasteiger partial charge is 0.0109 e. The third kappa shape index (κ3) is 5.73. The van der Waals surface area contributed by atoms with E-state index in [4.69, 9.17) is 17.3 Å². The van der Waals surface area contributed by atoms with Crippen LogP contribution in [-0.2, 0) is 0 Å². The number of nitrogens with two attached hydrogens (primary N) is 1. The fourth-order valence-corrected chi connectivity index (χ4v) is 0.283. The molecule has 0 aliphatic carbocycles. The average Bonchev–Trinajstić information content (AvgIpc) is 1.69. The topological polar surface area (TPSA) is 26.0 Å². The van der Waals surface area contributed by atoms with Crippen molar-refractivity contribution in [2.75, 3.05) is 6.54 Å². The van der Waals surface area contributed by atoms with E-state index in [2.05, 4.69) is 0 Å². The Morgan fingerprint density at radius 3 is 2.57 bits per heavy atom. The highest BCUT2D eigenvalue weighted by atomic mass is 35.5. The Morgan fingerprint density at radius 1 is 1.43 bits per heavy atom. The number of allylic oxidation sites excluding steroid dienone is 2. The maximum absolute atomic E-state index is 5.16. The van der Waals surface area contributed by atoms with Crippen LogP contribution in [0.25, 0.3) is 0 Å². The van der Waals surface area contributed by atoms with Crippen LogP contribution in [0.1, 0.15) is 0 Å². The summed E-state index contributed by atoms with van der Waals surface area (Å²) in [4.78, 5) is 0. The molecule has 0 radical (unpaired) electrons. The van der Waals surface area contributed by atoms with Crippen LogP contribution in [-0.4, -0.2) is 6.54 Å². The van der Waals surface area contributed by atoms with Crippen LogP contribution in [0, 0.1) is 0 Å². The summed E-state index contributed by atoms with van der Waals surface area (Å²) in [5, 5.41) is 0. The lowest BCUT2D eigenvalue weighted by molar-refractivity contribution is 1.25. The van der Waals surface area contributed by atoms with Gasteiger partial charge in [-0.15, -0.1) is 0 Å². The van der Waals surface area contributed by atoms with Gasteiger partial charge >= 0.3 is 0 Å². The third-order valence-corrected chi connectivity index (χ3v) is 0.601. The van der Waals surface area contributed by atoms with Crippen molar-refractivity contribution in [1.29, 1.82) is 0 Å². The quantitative estimate of drug-likeness (QED) is 0.542. The minimum atomic E-state index is 0.571. The predicted octanol–water partition coefficient (Wildman–Crippen LogP) is 1.25. The first-order chi connectivity index (χ1) is 3.41. The van der Waals surface area contributed by atoms with Crippen LogP contribution >= 0.6 is 11.6 Å². The van der Waals surface area contributed by atoms with Crippen LogP contribution in [0.15, 0.2) is 23.8 Å². The predicted molar refractivity (Wildman–Crippen MR) is 33.2 cm³/mol. The highest BCUT2D eigenvalue weighted by Gasteiger charge is 1.58. The molecule has 0 aromatic heterocycles. The molecule has 0 amide bonds. The van der Waals surface area contributed by atoms with Crippen molar-refractivity contribution in [3.63, 3.8) is 0 Å². The third-order valence-electron chi connectivity index (χ3n) is 0.456. The maximum Gasteiger partial charge on any atom is 0.0109 e. The summed E-state index contributed by atoms with van der Waals surface area (Å²) in [5.41, 5.74) is 6.54. The minimum Gasteiger partial charge on any atom is -0.327 e. The Balaban J connectivity index is 3.09. The summed E-state index contributed by atoms with van der Waals surface area (Å²) >= 11 is 5.16. The maximum atomic E-state index is 5.16. The van der Waals surface area contributed by atoms with Gasteiger partial charge in [-0.1, -0.05) is 29.8 Å². The SMILES string of the molecule is NC/C=C\C=C/Cl. The zero-order valence-electron chi connectivity index (χ0n) is 3.97. The molecule has 0 aromatic carbocycles. The molecule has 1 nitrogen and oxygen atoms in total. The van der Waals surface area contributed by atoms with Gasteiger partial charge < -0.3 is 5.73 Å². The van der Waals surface area contributed by atoms with Crippen molar-refractivity contribution < 1.29 is 0 Å². The highest BCUT2D eigenvalue weighted by molar-refractivity contribution is 6.25. The molecule has 0 aromatic rings. The van der Waals surface area contributed by atoms with Crippen molar-refractivity contribution in [3.8, 4) is 0 Å². The van der Waals surface area contributed by atoms with Gasteiger partial charge in [0, 0.05) is 12.1 Å². The van der Waals surface area contributed by atoms with E-state index in [0.717, 1.165) is 0 Å². The summed E-state index contributed by atoms with van der Waals surface area (Å²) in [6.07, 6.45) is 5.33. The van der Waals surface area contributed by atoms with Crippen molar-refractivity contribution in [2.24, 2.45) is 5.73 Å². The molecule has 0 spiro atoms. The Morgan fingerprint density at radius 2 is 2.14 bits per heavy atom. The lowest BCUT2D eigenvalue weighted by Gasteiger charge is -1.70. The van der Waals surface area contributed by atoms with E-state index in [1.807, 2.05) is 6.08 Å². The molecule has 0 atom stereocenters. The van der Waals surface area contributed by atoms with E-state index in [-0.39, 0.29) is 0 Å². The molecule has 0 unspecified atom stereocenters. The molecule has 0 heterocycles. The Kier molecular flexibility index (Phi) is 5.51. The van der Waals surface area contributed by atoms with E-state index < -0.39 is 0 Å². The molecule has 2 heteroatoms. The van der Waals surface area contributed by atoms with Gasteiger partial charge in [-0.3, -0.25) is 0 Å². The molecule has 0 saturated carbocycles. The van der Waals surface area contributed by atoms with E-state index in [1.54, 1.807) is 12.2 Å². The molecule has 7 heavy (non-hydrogen) atoms. The number of hydrogen-bond acceptors (Lipinski definition) is 1. The Bertz CT molecular complexity index is 76.1. The van der Waals surface area contributed by atoms with Gasteiger partial charge in [-0.2, -0.15) is 0 Å². The minimum absolute atomic E-state index is 0.571. The second-order valence-corrected chi connectivity index (χ2v) is 1.23. The van der Waals surface area contributed by atoms with Crippen LogP contribution in [0.2, 0.25) is 0 Å². The summed E-state index contributed by atoms with van der Waals surface area (Å²) in [7, 11) is 0. The van der Waals surface area contributed by atoms with Crippen LogP contribution < -0.4 is 5.73 Å². The molecule has 0 bridgehead atoms. The van der Waals surface area contributed by atoms with Gasteiger partial charge in [0.05, 0.1) is 0 Å². The normalized spacial score (nSPS) is 11.7. The monoisotopic (exact) mass is 117 g/mol. The van der Waals surface area contributed by atoms with Gasteiger partial charge in [0.1, 0.15) is 0 Å². The lowest BCUT2D eigenvalue weighted by atomic mass is 10.5. The van der Waals surface area contributed by atoms with Crippen LogP contribution in [0.5, 0.6) is 0 Å². The second kappa shape index (κ2) is 5.73. The molecular formula is C5H8ClN. The van der Waals surface area contributed by atoms with Crippen molar-refractivity contribution in [2.45, 2.75) is 0 Å². The first-order valence-corrected chi connectivity index (χ1v) is 2.47. The standard InChI is InChI=1S/C5H8ClN/c6-4-2-1-3-5-7/h1-4H,5,7H2/b3-1-,4-2-. The van der Waals surface area contributed by atoms with E-state index in [9.17, 15) is 0 Å². The summed E-state index contributed by atoms with van der Waals surface area (Å²) in [6, 6.07) is 0. The molecule has 0 saturated heterocycles. The van der Waals surface area contributed by atoms with Crippen molar-refractivity contribution in [3.05, 3.63) is 23.8 Å². The van der Waals surface area contributed by atoms with Gasteiger partial charge in [-0.05, 0) is 0 Å².